The maximum absolute atomic E-state index is 12.7. The fourth-order valence-electron chi connectivity index (χ4n) is 2.32. The second kappa shape index (κ2) is 5.41. The minimum atomic E-state index is -4.37. The Morgan fingerprint density at radius 3 is 2.80 bits per heavy atom. The number of hydrogen-bond acceptors (Lipinski definition) is 3. The maximum atomic E-state index is 12.7. The summed E-state index contributed by atoms with van der Waals surface area (Å²) in [7, 11) is 0. The monoisotopic (exact) mass is 308 g/mol. The fourth-order valence-corrected chi connectivity index (χ4v) is 2.48. The van der Waals surface area contributed by atoms with E-state index in [0.29, 0.717) is 24.8 Å². The van der Waals surface area contributed by atoms with Crippen LogP contribution >= 0.6 is 11.6 Å². The second-order valence-corrected chi connectivity index (χ2v) is 5.74. The second-order valence-electron chi connectivity index (χ2n) is 5.43. The van der Waals surface area contributed by atoms with Gasteiger partial charge in [-0.3, -0.25) is 0 Å². The highest BCUT2D eigenvalue weighted by atomic mass is 35.5. The Hall–Kier alpha value is -1.01. The molecule has 1 aromatic rings. The van der Waals surface area contributed by atoms with E-state index in [1.807, 2.05) is 13.8 Å². The molecule has 0 N–H and O–H groups in total. The van der Waals surface area contributed by atoms with E-state index in [9.17, 15) is 13.2 Å². The van der Waals surface area contributed by atoms with Gasteiger partial charge in [0.25, 0.3) is 0 Å². The van der Waals surface area contributed by atoms with Crippen molar-refractivity contribution in [1.82, 2.24) is 4.98 Å². The van der Waals surface area contributed by atoms with E-state index in [-0.39, 0.29) is 6.10 Å². The summed E-state index contributed by atoms with van der Waals surface area (Å²) >= 11 is 5.81. The molecule has 112 valence electrons. The van der Waals surface area contributed by atoms with Gasteiger partial charge in [-0.05, 0) is 26.0 Å². The predicted octanol–water partition coefficient (Wildman–Crippen LogP) is 3.32. The Kier molecular flexibility index (Phi) is 4.16. The molecular formula is C13H16ClF3N2O. The number of nitrogens with zero attached hydrogens (tertiary/aromatic N) is 2. The molecule has 0 aromatic carbocycles. The van der Waals surface area contributed by atoms with Crippen molar-refractivity contribution in [2.24, 2.45) is 0 Å². The molecule has 0 spiro atoms. The van der Waals surface area contributed by atoms with E-state index in [4.69, 9.17) is 16.3 Å². The molecule has 0 radical (unpaired) electrons. The van der Waals surface area contributed by atoms with Crippen LogP contribution in [0.15, 0.2) is 18.3 Å². The summed E-state index contributed by atoms with van der Waals surface area (Å²) in [5.74, 6) is 0.588. The van der Waals surface area contributed by atoms with Crippen molar-refractivity contribution < 1.29 is 17.9 Å². The Balaban J connectivity index is 2.26. The minimum Gasteiger partial charge on any atom is -0.367 e. The van der Waals surface area contributed by atoms with Crippen LogP contribution in [0.25, 0.3) is 0 Å². The Morgan fingerprint density at radius 2 is 2.20 bits per heavy atom. The van der Waals surface area contributed by atoms with E-state index in [2.05, 4.69) is 4.98 Å². The van der Waals surface area contributed by atoms with Crippen LogP contribution < -0.4 is 4.90 Å². The van der Waals surface area contributed by atoms with Crippen molar-refractivity contribution in [2.75, 3.05) is 23.9 Å². The molecule has 0 aliphatic carbocycles. The van der Waals surface area contributed by atoms with E-state index in [0.717, 1.165) is 12.1 Å². The van der Waals surface area contributed by atoms with Gasteiger partial charge in [-0.2, -0.15) is 13.2 Å². The van der Waals surface area contributed by atoms with Crippen molar-refractivity contribution in [3.63, 3.8) is 0 Å². The fraction of sp³-hybridized carbons (Fsp3) is 0.615. The normalized spacial score (nSPS) is 22.9. The number of morpholine rings is 1. The summed E-state index contributed by atoms with van der Waals surface area (Å²) in [6.07, 6.45) is -3.42. The molecule has 0 amide bonds. The number of hydrogen-bond donors (Lipinski definition) is 0. The smallest absolute Gasteiger partial charge is 0.367 e. The average molecular weight is 309 g/mol. The van der Waals surface area contributed by atoms with Crippen LogP contribution in [0.1, 0.15) is 19.4 Å². The van der Waals surface area contributed by atoms with Gasteiger partial charge in [0.2, 0.25) is 0 Å². The molecule has 0 saturated carbocycles. The largest absolute Gasteiger partial charge is 0.416 e. The first kappa shape index (κ1) is 15.4. The Labute approximate surface area is 120 Å². The van der Waals surface area contributed by atoms with Gasteiger partial charge in [0.05, 0.1) is 23.1 Å². The van der Waals surface area contributed by atoms with Gasteiger partial charge in [-0.25, -0.2) is 4.98 Å². The van der Waals surface area contributed by atoms with E-state index in [1.165, 1.54) is 6.20 Å². The number of pyridine rings is 1. The molecule has 1 unspecified atom stereocenters. The van der Waals surface area contributed by atoms with Crippen LogP contribution in [-0.2, 0) is 10.9 Å². The van der Waals surface area contributed by atoms with Crippen LogP contribution in [0.2, 0.25) is 0 Å². The average Bonchev–Trinajstić information content (AvgIpc) is 2.36. The molecule has 0 bridgehead atoms. The SMILES string of the molecule is CC1(C)CN(c2cc(C(F)(F)F)ccn2)CC(CCl)O1. The van der Waals surface area contributed by atoms with Gasteiger partial charge in [-0.15, -0.1) is 11.6 Å². The summed E-state index contributed by atoms with van der Waals surface area (Å²) < 4.78 is 44.0. The molecule has 1 atom stereocenters. The van der Waals surface area contributed by atoms with Crippen LogP contribution in [-0.4, -0.2) is 35.7 Å². The third-order valence-electron chi connectivity index (χ3n) is 3.05. The van der Waals surface area contributed by atoms with Gasteiger partial charge in [0, 0.05) is 19.3 Å². The zero-order valence-corrected chi connectivity index (χ0v) is 12.0. The third-order valence-corrected chi connectivity index (χ3v) is 3.39. The molecular weight excluding hydrogens is 293 g/mol. The quantitative estimate of drug-likeness (QED) is 0.784. The van der Waals surface area contributed by atoms with E-state index in [1.54, 1.807) is 4.90 Å². The number of aromatic nitrogens is 1. The number of halogens is 4. The highest BCUT2D eigenvalue weighted by Crippen LogP contribution is 2.32. The summed E-state index contributed by atoms with van der Waals surface area (Å²) in [4.78, 5) is 5.82. The van der Waals surface area contributed by atoms with Crippen LogP contribution in [0.5, 0.6) is 0 Å². The molecule has 1 aromatic heterocycles. The van der Waals surface area contributed by atoms with Gasteiger partial charge in [0.1, 0.15) is 5.82 Å². The van der Waals surface area contributed by atoms with E-state index >= 15 is 0 Å². The molecule has 7 heteroatoms. The highest BCUT2D eigenvalue weighted by Gasteiger charge is 2.35. The van der Waals surface area contributed by atoms with Crippen LogP contribution in [0, 0.1) is 0 Å². The summed E-state index contributed by atoms with van der Waals surface area (Å²) in [6, 6.07) is 2.03. The van der Waals surface area contributed by atoms with Gasteiger partial charge in [0.15, 0.2) is 0 Å². The molecule has 3 nitrogen and oxygen atoms in total. The Morgan fingerprint density at radius 1 is 1.50 bits per heavy atom. The number of rotatable bonds is 2. The maximum Gasteiger partial charge on any atom is 0.416 e. The Bertz CT molecular complexity index is 479. The number of anilines is 1. The lowest BCUT2D eigenvalue weighted by atomic mass is 10.1. The summed E-state index contributed by atoms with van der Waals surface area (Å²) in [6.45, 7) is 4.66. The molecule has 20 heavy (non-hydrogen) atoms. The molecule has 1 saturated heterocycles. The van der Waals surface area contributed by atoms with Crippen molar-refractivity contribution in [1.29, 1.82) is 0 Å². The van der Waals surface area contributed by atoms with Gasteiger partial charge >= 0.3 is 6.18 Å². The molecule has 2 rings (SSSR count). The van der Waals surface area contributed by atoms with Gasteiger partial charge in [-0.1, -0.05) is 0 Å². The van der Waals surface area contributed by atoms with Crippen molar-refractivity contribution >= 4 is 17.4 Å². The molecule has 1 aliphatic rings. The van der Waals surface area contributed by atoms with Gasteiger partial charge < -0.3 is 9.64 Å². The topological polar surface area (TPSA) is 25.4 Å². The third kappa shape index (κ3) is 3.55. The zero-order valence-electron chi connectivity index (χ0n) is 11.2. The highest BCUT2D eigenvalue weighted by molar-refractivity contribution is 6.18. The lowest BCUT2D eigenvalue weighted by Crippen LogP contribution is -2.53. The first-order chi connectivity index (χ1) is 9.21. The standard InChI is InChI=1S/C13H16ClF3N2O/c1-12(2)8-19(7-10(6-14)20-12)11-5-9(3-4-18-11)13(15,16)17/h3-5,10H,6-8H2,1-2H3. The molecule has 2 heterocycles. The van der Waals surface area contributed by atoms with Crippen LogP contribution in [0.4, 0.5) is 19.0 Å². The predicted molar refractivity (Wildman–Crippen MR) is 71.1 cm³/mol. The number of ether oxygens (including phenoxy) is 1. The first-order valence-corrected chi connectivity index (χ1v) is 6.77. The molecule has 1 aliphatic heterocycles. The minimum absolute atomic E-state index is 0.225. The first-order valence-electron chi connectivity index (χ1n) is 6.23. The van der Waals surface area contributed by atoms with E-state index < -0.39 is 17.3 Å². The van der Waals surface area contributed by atoms with Crippen molar-refractivity contribution in [2.45, 2.75) is 31.7 Å². The zero-order chi connectivity index (χ0) is 15.0. The summed E-state index contributed by atoms with van der Waals surface area (Å²) in [5.41, 5.74) is -1.18. The lowest BCUT2D eigenvalue weighted by molar-refractivity contribution is -0.137. The number of alkyl halides is 4. The molecule has 1 fully saturated rings. The van der Waals surface area contributed by atoms with Crippen molar-refractivity contribution in [3.8, 4) is 0 Å². The van der Waals surface area contributed by atoms with Crippen LogP contribution in [0.3, 0.4) is 0 Å². The van der Waals surface area contributed by atoms with Crippen molar-refractivity contribution in [3.05, 3.63) is 23.9 Å². The lowest BCUT2D eigenvalue weighted by Gasteiger charge is -2.42. The summed E-state index contributed by atoms with van der Waals surface area (Å²) in [5, 5.41) is 0.